The zero-order valence-electron chi connectivity index (χ0n) is 13.2. The fourth-order valence-electron chi connectivity index (χ4n) is 1.60. The van der Waals surface area contributed by atoms with Crippen LogP contribution in [-0.2, 0) is 0 Å². The van der Waals surface area contributed by atoms with Crippen molar-refractivity contribution in [2.75, 3.05) is 0 Å². The first-order chi connectivity index (χ1) is 10.3. The van der Waals surface area contributed by atoms with Gasteiger partial charge in [0.15, 0.2) is 0 Å². The summed E-state index contributed by atoms with van der Waals surface area (Å²) < 4.78 is 0. The Morgan fingerprint density at radius 1 is 0.952 bits per heavy atom. The maximum Gasteiger partial charge on any atom is 0.115 e. The highest BCUT2D eigenvalue weighted by Crippen LogP contribution is 2.19. The van der Waals surface area contributed by atoms with Crippen LogP contribution in [0.15, 0.2) is 86.1 Å². The van der Waals surface area contributed by atoms with Gasteiger partial charge in [0.25, 0.3) is 0 Å². The number of aromatic nitrogens is 2. The van der Waals surface area contributed by atoms with Crippen molar-refractivity contribution < 1.29 is 0 Å². The molecule has 0 unspecified atom stereocenters. The monoisotopic (exact) mass is 280 g/mol. The summed E-state index contributed by atoms with van der Waals surface area (Å²) in [6, 6.07) is 0. The van der Waals surface area contributed by atoms with Gasteiger partial charge in [0.05, 0.1) is 0 Å². The quantitative estimate of drug-likeness (QED) is 0.659. The van der Waals surface area contributed by atoms with Crippen molar-refractivity contribution in [2.45, 2.75) is 20.8 Å². The van der Waals surface area contributed by atoms with Crippen LogP contribution in [0.1, 0.15) is 26.3 Å². The van der Waals surface area contributed by atoms with Gasteiger partial charge >= 0.3 is 0 Å². The first-order valence-electron chi connectivity index (χ1n) is 6.98. The predicted molar refractivity (Wildman–Crippen MR) is 93.8 cm³/mol. The van der Waals surface area contributed by atoms with E-state index in [0.717, 1.165) is 22.3 Å². The lowest BCUT2D eigenvalue weighted by molar-refractivity contribution is 1.15. The Morgan fingerprint density at radius 3 is 1.95 bits per heavy atom. The highest BCUT2D eigenvalue weighted by Gasteiger charge is 2.00. The molecule has 21 heavy (non-hydrogen) atoms. The second-order valence-electron chi connectivity index (χ2n) is 3.75. The van der Waals surface area contributed by atoms with Crippen LogP contribution in [0.4, 0.5) is 0 Å². The third kappa shape index (κ3) is 6.00. The Balaban J connectivity index is 0.00000191. The van der Waals surface area contributed by atoms with Crippen molar-refractivity contribution in [1.29, 1.82) is 0 Å². The lowest BCUT2D eigenvalue weighted by Crippen LogP contribution is -1.87. The standard InChI is InChI=1S/C17H18N2.C2H6/c1-5-9-14(6-2)15(7-3)10-16(8-4)17-11-18-13-19-12-17;1-2/h5-13H,2-4H2,1H3;1-2H3/b9-5-,15-14+,16-10+;. The van der Waals surface area contributed by atoms with Crippen molar-refractivity contribution in [3.63, 3.8) is 0 Å². The summed E-state index contributed by atoms with van der Waals surface area (Å²) in [5.74, 6) is 0. The Bertz CT molecular complexity index is 546. The Kier molecular flexibility index (Phi) is 10.0. The number of allylic oxidation sites excluding steroid dienone is 9. The molecule has 0 saturated heterocycles. The minimum absolute atomic E-state index is 0.917. The molecule has 0 spiro atoms. The molecule has 0 saturated carbocycles. The zero-order chi connectivity index (χ0) is 16.1. The van der Waals surface area contributed by atoms with Crippen LogP contribution >= 0.6 is 0 Å². The topological polar surface area (TPSA) is 25.8 Å². The molecular formula is C19H24N2. The van der Waals surface area contributed by atoms with E-state index in [9.17, 15) is 0 Å². The van der Waals surface area contributed by atoms with E-state index < -0.39 is 0 Å². The molecule has 0 fully saturated rings. The van der Waals surface area contributed by atoms with Gasteiger partial charge in [-0.25, -0.2) is 9.97 Å². The summed E-state index contributed by atoms with van der Waals surface area (Å²) in [7, 11) is 0. The summed E-state index contributed by atoms with van der Waals surface area (Å²) in [5.41, 5.74) is 3.85. The van der Waals surface area contributed by atoms with Gasteiger partial charge < -0.3 is 0 Å². The Labute approximate surface area is 128 Å². The molecule has 110 valence electrons. The minimum atomic E-state index is 0.917. The summed E-state index contributed by atoms with van der Waals surface area (Å²) in [5, 5.41) is 0. The van der Waals surface area contributed by atoms with Crippen molar-refractivity contribution in [3.8, 4) is 0 Å². The molecule has 2 heteroatoms. The molecule has 1 heterocycles. The van der Waals surface area contributed by atoms with Crippen LogP contribution in [0.2, 0.25) is 0 Å². The average molecular weight is 280 g/mol. The summed E-state index contributed by atoms with van der Waals surface area (Å²) in [6.45, 7) is 17.5. The molecule has 1 rings (SSSR count). The molecule has 0 aliphatic heterocycles. The number of nitrogens with zero attached hydrogens (tertiary/aromatic N) is 2. The minimum Gasteiger partial charge on any atom is -0.244 e. The number of hydrogen-bond acceptors (Lipinski definition) is 2. The molecule has 0 atom stereocenters. The molecular weight excluding hydrogens is 256 g/mol. The molecule has 2 nitrogen and oxygen atoms in total. The summed E-state index contributed by atoms with van der Waals surface area (Å²) >= 11 is 0. The maximum absolute atomic E-state index is 4.01. The third-order valence-corrected chi connectivity index (χ3v) is 2.54. The smallest absolute Gasteiger partial charge is 0.115 e. The largest absolute Gasteiger partial charge is 0.244 e. The van der Waals surface area contributed by atoms with Crippen LogP contribution in [0.25, 0.3) is 5.57 Å². The normalized spacial score (nSPS) is 12.0. The van der Waals surface area contributed by atoms with Crippen LogP contribution in [0.5, 0.6) is 0 Å². The highest BCUT2D eigenvalue weighted by molar-refractivity contribution is 5.76. The Morgan fingerprint density at radius 2 is 1.52 bits per heavy atom. The zero-order valence-corrected chi connectivity index (χ0v) is 13.2. The molecule has 0 radical (unpaired) electrons. The molecule has 0 N–H and O–H groups in total. The fourth-order valence-corrected chi connectivity index (χ4v) is 1.60. The van der Waals surface area contributed by atoms with E-state index in [1.807, 2.05) is 39.0 Å². The molecule has 0 amide bonds. The van der Waals surface area contributed by atoms with Crippen LogP contribution in [0.3, 0.4) is 0 Å². The van der Waals surface area contributed by atoms with Gasteiger partial charge in [-0.15, -0.1) is 0 Å². The van der Waals surface area contributed by atoms with Crippen molar-refractivity contribution >= 4 is 5.57 Å². The SMILES string of the molecule is C=C\C(=C/C(C=C)=C(C=C)/C=C\C)c1cncnc1.CC. The molecule has 0 bridgehead atoms. The fraction of sp³-hybridized carbons (Fsp3) is 0.158. The van der Waals surface area contributed by atoms with Gasteiger partial charge in [-0.2, -0.15) is 0 Å². The average Bonchev–Trinajstić information content (AvgIpc) is 2.57. The van der Waals surface area contributed by atoms with E-state index in [4.69, 9.17) is 0 Å². The molecule has 0 aliphatic rings. The predicted octanol–water partition coefficient (Wildman–Crippen LogP) is 5.32. The third-order valence-electron chi connectivity index (χ3n) is 2.54. The summed E-state index contributed by atoms with van der Waals surface area (Å²) in [4.78, 5) is 8.02. The lowest BCUT2D eigenvalue weighted by atomic mass is 10.0. The van der Waals surface area contributed by atoms with Crippen LogP contribution in [-0.4, -0.2) is 9.97 Å². The molecule has 1 aromatic heterocycles. The van der Waals surface area contributed by atoms with Gasteiger partial charge in [-0.3, -0.25) is 0 Å². The maximum atomic E-state index is 4.01. The van der Waals surface area contributed by atoms with E-state index in [1.165, 1.54) is 6.33 Å². The second-order valence-corrected chi connectivity index (χ2v) is 3.75. The van der Waals surface area contributed by atoms with Crippen molar-refractivity contribution in [1.82, 2.24) is 9.97 Å². The number of hydrogen-bond donors (Lipinski definition) is 0. The summed E-state index contributed by atoms with van der Waals surface area (Å²) in [6.07, 6.45) is 16.3. The van der Waals surface area contributed by atoms with Gasteiger partial charge in [-0.1, -0.05) is 64.0 Å². The lowest BCUT2D eigenvalue weighted by Gasteiger charge is -2.04. The first kappa shape index (κ1) is 18.5. The molecule has 1 aromatic rings. The van der Waals surface area contributed by atoms with Crippen LogP contribution in [0, 0.1) is 0 Å². The van der Waals surface area contributed by atoms with Crippen molar-refractivity contribution in [3.05, 3.63) is 91.6 Å². The second kappa shape index (κ2) is 11.4. The van der Waals surface area contributed by atoms with Gasteiger partial charge in [0, 0.05) is 18.0 Å². The number of rotatable bonds is 6. The van der Waals surface area contributed by atoms with Gasteiger partial charge in [0.2, 0.25) is 0 Å². The van der Waals surface area contributed by atoms with E-state index >= 15 is 0 Å². The van der Waals surface area contributed by atoms with E-state index in [1.54, 1.807) is 30.6 Å². The molecule has 0 aliphatic carbocycles. The van der Waals surface area contributed by atoms with E-state index in [2.05, 4.69) is 29.7 Å². The van der Waals surface area contributed by atoms with Gasteiger partial charge in [-0.05, 0) is 29.7 Å². The van der Waals surface area contributed by atoms with E-state index in [0.29, 0.717) is 0 Å². The van der Waals surface area contributed by atoms with Crippen molar-refractivity contribution in [2.24, 2.45) is 0 Å². The Hall–Kier alpha value is -2.48. The molecule has 0 aromatic carbocycles. The van der Waals surface area contributed by atoms with Crippen LogP contribution < -0.4 is 0 Å². The highest BCUT2D eigenvalue weighted by atomic mass is 14.8. The van der Waals surface area contributed by atoms with E-state index in [-0.39, 0.29) is 0 Å². The van der Waals surface area contributed by atoms with Gasteiger partial charge in [0.1, 0.15) is 6.33 Å². The first-order valence-corrected chi connectivity index (χ1v) is 6.98.